The number of ketones is 1. The van der Waals surface area contributed by atoms with Gasteiger partial charge in [-0.25, -0.2) is 5.01 Å². The Morgan fingerprint density at radius 3 is 2.23 bits per heavy atom. The second kappa shape index (κ2) is 7.32. The van der Waals surface area contributed by atoms with Crippen LogP contribution in [0.5, 0.6) is 0 Å². The lowest BCUT2D eigenvalue weighted by atomic mass is 9.81. The lowest BCUT2D eigenvalue weighted by Crippen LogP contribution is -2.52. The van der Waals surface area contributed by atoms with E-state index in [0.717, 1.165) is 29.3 Å². The van der Waals surface area contributed by atoms with Crippen molar-refractivity contribution in [1.82, 2.24) is 10.0 Å². The number of carbonyl (C=O) groups is 4. The lowest BCUT2D eigenvalue weighted by molar-refractivity contribution is -0.154. The van der Waals surface area contributed by atoms with Gasteiger partial charge in [-0.05, 0) is 66.8 Å². The fourth-order valence-electron chi connectivity index (χ4n) is 5.26. The van der Waals surface area contributed by atoms with E-state index in [1.165, 1.54) is 23.5 Å². The number of rotatable bonds is 5. The van der Waals surface area contributed by atoms with Gasteiger partial charge in [-0.15, -0.1) is 11.3 Å². The number of imide groups is 1. The zero-order valence-corrected chi connectivity index (χ0v) is 17.6. The van der Waals surface area contributed by atoms with Gasteiger partial charge in [0.2, 0.25) is 0 Å². The molecule has 5 rings (SSSR count). The molecule has 3 amide bonds. The molecular formula is C22H19ClN2O4S. The predicted molar refractivity (Wildman–Crippen MR) is 111 cm³/mol. The van der Waals surface area contributed by atoms with Crippen molar-refractivity contribution >= 4 is 46.4 Å². The predicted octanol–water partition coefficient (Wildman–Crippen LogP) is 3.67. The second-order valence-corrected chi connectivity index (χ2v) is 9.53. The first kappa shape index (κ1) is 19.5. The van der Waals surface area contributed by atoms with Crippen LogP contribution in [0.3, 0.4) is 0 Å². The van der Waals surface area contributed by atoms with Gasteiger partial charge in [-0.1, -0.05) is 17.7 Å². The topological polar surface area (TPSA) is 74.8 Å². The first-order chi connectivity index (χ1) is 14.5. The third-order valence-corrected chi connectivity index (χ3v) is 7.72. The lowest BCUT2D eigenvalue weighted by Gasteiger charge is -2.30. The summed E-state index contributed by atoms with van der Waals surface area (Å²) in [5, 5.41) is 4.23. The number of hydrogen-bond acceptors (Lipinski definition) is 5. The minimum absolute atomic E-state index is 0.196. The van der Waals surface area contributed by atoms with E-state index in [0.29, 0.717) is 9.90 Å². The van der Waals surface area contributed by atoms with E-state index in [1.807, 2.05) is 0 Å². The summed E-state index contributed by atoms with van der Waals surface area (Å²) in [6.45, 7) is -0.367. The van der Waals surface area contributed by atoms with Gasteiger partial charge < -0.3 is 0 Å². The summed E-state index contributed by atoms with van der Waals surface area (Å²) >= 11 is 7.19. The maximum Gasteiger partial charge on any atom is 0.273 e. The monoisotopic (exact) mass is 442 g/mol. The van der Waals surface area contributed by atoms with Crippen LogP contribution >= 0.6 is 22.9 Å². The summed E-state index contributed by atoms with van der Waals surface area (Å²) < 4.78 is 0. The summed E-state index contributed by atoms with van der Waals surface area (Å²) in [7, 11) is 0. The zero-order valence-electron chi connectivity index (χ0n) is 16.0. The molecule has 2 saturated carbocycles. The van der Waals surface area contributed by atoms with Gasteiger partial charge in [0.25, 0.3) is 17.7 Å². The van der Waals surface area contributed by atoms with Crippen LogP contribution in [0.1, 0.15) is 39.3 Å². The number of Topliss-reactive ketones (excluding diaryl/α,β-unsaturated/α-hetero) is 1. The first-order valence-corrected chi connectivity index (χ1v) is 11.2. The SMILES string of the molecule is O=C(CN(C(=O)c1ccc(Cl)cc1)N1C(=O)[C@@H]2[C@H]3CC[C@@H](C3)[C@H]2C1=O)c1cccs1. The Hall–Kier alpha value is -2.51. The Labute approximate surface area is 182 Å². The molecule has 30 heavy (non-hydrogen) atoms. The molecule has 3 fully saturated rings. The molecule has 8 heteroatoms. The van der Waals surface area contributed by atoms with Gasteiger partial charge in [0.15, 0.2) is 5.78 Å². The molecule has 0 radical (unpaired) electrons. The third-order valence-electron chi connectivity index (χ3n) is 6.56. The van der Waals surface area contributed by atoms with Crippen LogP contribution < -0.4 is 0 Å². The second-order valence-electron chi connectivity index (χ2n) is 8.14. The van der Waals surface area contributed by atoms with Crippen molar-refractivity contribution in [1.29, 1.82) is 0 Å². The molecule has 6 nitrogen and oxygen atoms in total. The van der Waals surface area contributed by atoms with E-state index in [2.05, 4.69) is 0 Å². The molecule has 2 aliphatic carbocycles. The van der Waals surface area contributed by atoms with Crippen molar-refractivity contribution in [2.24, 2.45) is 23.7 Å². The molecule has 1 aromatic carbocycles. The molecule has 2 bridgehead atoms. The van der Waals surface area contributed by atoms with E-state index >= 15 is 0 Å². The van der Waals surface area contributed by atoms with Crippen LogP contribution in [-0.2, 0) is 9.59 Å². The Kier molecular flexibility index (Phi) is 4.75. The fraction of sp³-hybridized carbons (Fsp3) is 0.364. The van der Waals surface area contributed by atoms with Crippen molar-refractivity contribution < 1.29 is 19.2 Å². The van der Waals surface area contributed by atoms with Crippen molar-refractivity contribution in [3.8, 4) is 0 Å². The normalized spacial score (nSPS) is 26.9. The van der Waals surface area contributed by atoms with E-state index in [9.17, 15) is 19.2 Å². The molecule has 2 aromatic rings. The van der Waals surface area contributed by atoms with Gasteiger partial charge >= 0.3 is 0 Å². The minimum atomic E-state index is -0.564. The Balaban J connectivity index is 1.50. The van der Waals surface area contributed by atoms with Gasteiger partial charge in [0.1, 0.15) is 6.54 Å². The van der Waals surface area contributed by atoms with Crippen molar-refractivity contribution in [3.63, 3.8) is 0 Å². The highest BCUT2D eigenvalue weighted by atomic mass is 35.5. The van der Waals surface area contributed by atoms with Gasteiger partial charge in [0, 0.05) is 10.6 Å². The molecule has 0 unspecified atom stereocenters. The molecule has 4 atom stereocenters. The summed E-state index contributed by atoms with van der Waals surface area (Å²) in [4.78, 5) is 53.1. The molecule has 2 heterocycles. The number of nitrogens with zero attached hydrogens (tertiary/aromatic N) is 2. The average Bonchev–Trinajstić information content (AvgIpc) is 3.52. The zero-order chi connectivity index (χ0) is 21.0. The largest absolute Gasteiger partial charge is 0.291 e. The van der Waals surface area contributed by atoms with Crippen LogP contribution in [0.4, 0.5) is 0 Å². The number of benzene rings is 1. The smallest absolute Gasteiger partial charge is 0.273 e. The van der Waals surface area contributed by atoms with Crippen molar-refractivity contribution in [2.45, 2.75) is 19.3 Å². The third kappa shape index (κ3) is 2.99. The Bertz CT molecular complexity index is 1010. The standard InChI is InChI=1S/C22H19ClN2O4S/c23-15-7-5-12(6-8-15)20(27)24(11-16(26)17-2-1-9-30-17)25-21(28)18-13-3-4-14(10-13)19(18)22(25)29/h1-2,5-9,13-14,18-19H,3-4,10-11H2/t13-,14-,18+,19+/m0/s1. The molecule has 1 aromatic heterocycles. The Morgan fingerprint density at radius 2 is 1.67 bits per heavy atom. The number of fused-ring (bicyclic) bond motifs is 5. The van der Waals surface area contributed by atoms with Crippen LogP contribution in [-0.4, -0.2) is 40.1 Å². The molecular weight excluding hydrogens is 424 g/mol. The van der Waals surface area contributed by atoms with Crippen LogP contribution in [0.15, 0.2) is 41.8 Å². The molecule has 1 aliphatic heterocycles. The highest BCUT2D eigenvalue weighted by Crippen LogP contribution is 2.56. The van der Waals surface area contributed by atoms with Crippen LogP contribution in [0.25, 0.3) is 0 Å². The molecule has 1 saturated heterocycles. The Morgan fingerprint density at radius 1 is 1.03 bits per heavy atom. The van der Waals surface area contributed by atoms with Crippen LogP contribution in [0.2, 0.25) is 5.02 Å². The van der Waals surface area contributed by atoms with Gasteiger partial charge in [-0.2, -0.15) is 5.01 Å². The minimum Gasteiger partial charge on any atom is -0.291 e. The number of hydrazine groups is 1. The quantitative estimate of drug-likeness (QED) is 0.523. The number of thiophene rings is 1. The highest BCUT2D eigenvalue weighted by molar-refractivity contribution is 7.12. The summed E-state index contributed by atoms with van der Waals surface area (Å²) in [6.07, 6.45) is 2.79. The summed E-state index contributed by atoms with van der Waals surface area (Å²) in [5.41, 5.74) is 0.263. The van der Waals surface area contributed by atoms with Gasteiger partial charge in [0.05, 0.1) is 16.7 Å². The number of halogens is 1. The van der Waals surface area contributed by atoms with Crippen molar-refractivity contribution in [2.75, 3.05) is 6.54 Å². The fourth-order valence-corrected chi connectivity index (χ4v) is 6.04. The summed E-state index contributed by atoms with van der Waals surface area (Å²) in [5.74, 6) is -1.92. The summed E-state index contributed by atoms with van der Waals surface area (Å²) in [6, 6.07) is 9.61. The number of amides is 3. The van der Waals surface area contributed by atoms with Gasteiger partial charge in [-0.3, -0.25) is 19.2 Å². The molecule has 0 N–H and O–H groups in total. The number of hydrogen-bond donors (Lipinski definition) is 0. The van der Waals surface area contributed by atoms with Crippen LogP contribution in [0, 0.1) is 23.7 Å². The van der Waals surface area contributed by atoms with Crippen molar-refractivity contribution in [3.05, 3.63) is 57.2 Å². The highest BCUT2D eigenvalue weighted by Gasteiger charge is 2.62. The van der Waals surface area contributed by atoms with E-state index < -0.39 is 5.91 Å². The molecule has 154 valence electrons. The maximum absolute atomic E-state index is 13.3. The molecule has 3 aliphatic rings. The number of carbonyl (C=O) groups excluding carboxylic acids is 4. The maximum atomic E-state index is 13.3. The van der Waals surface area contributed by atoms with E-state index in [1.54, 1.807) is 29.6 Å². The first-order valence-electron chi connectivity index (χ1n) is 9.97. The van der Waals surface area contributed by atoms with E-state index in [4.69, 9.17) is 11.6 Å². The molecule has 0 spiro atoms. The average molecular weight is 443 g/mol. The van der Waals surface area contributed by atoms with E-state index in [-0.39, 0.29) is 53.4 Å².